The SMILES string of the molecule is CNc1cc(-c2ccnc(-c3ccnc(NC(C)=O)c3)c2)c(C)cc1F. The molecule has 0 saturated carbocycles. The molecular weight excluding hydrogens is 331 g/mol. The first-order valence-corrected chi connectivity index (χ1v) is 8.16. The van der Waals surface area contributed by atoms with E-state index in [1.165, 1.54) is 13.0 Å². The fourth-order valence-electron chi connectivity index (χ4n) is 2.77. The molecule has 26 heavy (non-hydrogen) atoms. The Hall–Kier alpha value is -3.28. The highest BCUT2D eigenvalue weighted by atomic mass is 19.1. The molecule has 0 saturated heterocycles. The van der Waals surface area contributed by atoms with E-state index in [1.54, 1.807) is 31.6 Å². The lowest BCUT2D eigenvalue weighted by molar-refractivity contribution is -0.114. The zero-order valence-electron chi connectivity index (χ0n) is 14.8. The fourth-order valence-corrected chi connectivity index (χ4v) is 2.77. The molecule has 0 aliphatic heterocycles. The number of rotatable bonds is 4. The van der Waals surface area contributed by atoms with E-state index >= 15 is 0 Å². The Balaban J connectivity index is 2.03. The quantitative estimate of drug-likeness (QED) is 0.738. The molecule has 0 radical (unpaired) electrons. The molecular formula is C20H19FN4O. The summed E-state index contributed by atoms with van der Waals surface area (Å²) in [5, 5.41) is 5.53. The molecule has 2 aromatic heterocycles. The lowest BCUT2D eigenvalue weighted by atomic mass is 9.98. The molecule has 1 amide bonds. The number of benzene rings is 1. The lowest BCUT2D eigenvalue weighted by Gasteiger charge is -2.12. The number of hydrogen-bond donors (Lipinski definition) is 2. The molecule has 2 heterocycles. The van der Waals surface area contributed by atoms with Gasteiger partial charge in [0.1, 0.15) is 11.6 Å². The highest BCUT2D eigenvalue weighted by Gasteiger charge is 2.10. The number of pyridine rings is 2. The minimum atomic E-state index is -0.280. The van der Waals surface area contributed by atoms with Gasteiger partial charge in [-0.1, -0.05) is 0 Å². The molecule has 0 bridgehead atoms. The van der Waals surface area contributed by atoms with Crippen molar-refractivity contribution in [1.82, 2.24) is 9.97 Å². The number of nitrogens with one attached hydrogen (secondary N) is 2. The van der Waals surface area contributed by atoms with Gasteiger partial charge in [-0.3, -0.25) is 9.78 Å². The van der Waals surface area contributed by atoms with Gasteiger partial charge < -0.3 is 10.6 Å². The molecule has 1 aromatic carbocycles. The maximum absolute atomic E-state index is 13.9. The molecule has 0 atom stereocenters. The Morgan fingerprint density at radius 3 is 2.50 bits per heavy atom. The Labute approximate surface area is 151 Å². The highest BCUT2D eigenvalue weighted by Crippen LogP contribution is 2.31. The molecule has 5 nitrogen and oxygen atoms in total. The Morgan fingerprint density at radius 1 is 1.04 bits per heavy atom. The van der Waals surface area contributed by atoms with Gasteiger partial charge in [-0.15, -0.1) is 0 Å². The van der Waals surface area contributed by atoms with Crippen LogP contribution in [0.4, 0.5) is 15.9 Å². The highest BCUT2D eigenvalue weighted by molar-refractivity contribution is 5.88. The zero-order chi connectivity index (χ0) is 18.7. The summed E-state index contributed by atoms with van der Waals surface area (Å²) < 4.78 is 13.9. The van der Waals surface area contributed by atoms with Crippen LogP contribution in [-0.2, 0) is 4.79 Å². The smallest absolute Gasteiger partial charge is 0.222 e. The molecule has 0 aliphatic carbocycles. The number of aryl methyl sites for hydroxylation is 1. The number of carbonyl (C=O) groups is 1. The average molecular weight is 350 g/mol. The third-order valence-electron chi connectivity index (χ3n) is 4.01. The van der Waals surface area contributed by atoms with E-state index in [0.29, 0.717) is 11.5 Å². The van der Waals surface area contributed by atoms with Crippen LogP contribution in [0.25, 0.3) is 22.4 Å². The third kappa shape index (κ3) is 3.69. The minimum Gasteiger partial charge on any atom is -0.386 e. The largest absolute Gasteiger partial charge is 0.386 e. The molecule has 6 heteroatoms. The van der Waals surface area contributed by atoms with Crippen LogP contribution in [0.1, 0.15) is 12.5 Å². The van der Waals surface area contributed by atoms with Crippen molar-refractivity contribution < 1.29 is 9.18 Å². The van der Waals surface area contributed by atoms with Gasteiger partial charge in [0.15, 0.2) is 0 Å². The molecule has 132 valence electrons. The molecule has 2 N–H and O–H groups in total. The van der Waals surface area contributed by atoms with Gasteiger partial charge in [-0.05, 0) is 60.0 Å². The van der Waals surface area contributed by atoms with Crippen LogP contribution in [0.2, 0.25) is 0 Å². The van der Waals surface area contributed by atoms with E-state index in [1.807, 2.05) is 25.1 Å². The lowest BCUT2D eigenvalue weighted by Crippen LogP contribution is -2.07. The van der Waals surface area contributed by atoms with E-state index in [-0.39, 0.29) is 11.7 Å². The summed E-state index contributed by atoms with van der Waals surface area (Å²) >= 11 is 0. The van der Waals surface area contributed by atoms with Crippen LogP contribution >= 0.6 is 0 Å². The van der Waals surface area contributed by atoms with Crippen molar-refractivity contribution in [3.8, 4) is 22.4 Å². The second kappa shape index (κ2) is 7.31. The van der Waals surface area contributed by atoms with Gasteiger partial charge in [0.25, 0.3) is 0 Å². The van der Waals surface area contributed by atoms with Gasteiger partial charge in [0.05, 0.1) is 11.4 Å². The number of aromatic nitrogens is 2. The van der Waals surface area contributed by atoms with Crippen molar-refractivity contribution >= 4 is 17.4 Å². The molecule has 3 aromatic rings. The number of anilines is 2. The van der Waals surface area contributed by atoms with E-state index in [2.05, 4.69) is 20.6 Å². The fraction of sp³-hybridized carbons (Fsp3) is 0.150. The monoisotopic (exact) mass is 350 g/mol. The van der Waals surface area contributed by atoms with Crippen molar-refractivity contribution in [2.45, 2.75) is 13.8 Å². The molecule has 0 unspecified atom stereocenters. The molecule has 3 rings (SSSR count). The maximum atomic E-state index is 13.9. The van der Waals surface area contributed by atoms with Crippen molar-refractivity contribution in [3.05, 3.63) is 60.2 Å². The average Bonchev–Trinajstić information content (AvgIpc) is 2.62. The van der Waals surface area contributed by atoms with Crippen molar-refractivity contribution in [2.24, 2.45) is 0 Å². The molecule has 0 spiro atoms. The van der Waals surface area contributed by atoms with Crippen LogP contribution in [0.15, 0.2) is 48.8 Å². The standard InChI is InChI=1S/C20H19FN4O/c1-12-8-17(21)19(22-3)11-16(12)14-4-6-23-18(9-14)15-5-7-24-20(10-15)25-13(2)26/h4-11,22H,1-3H3,(H,24,25,26). The second-order valence-electron chi connectivity index (χ2n) is 5.94. The van der Waals surface area contributed by atoms with Gasteiger partial charge in [-0.2, -0.15) is 0 Å². The summed E-state index contributed by atoms with van der Waals surface area (Å²) in [4.78, 5) is 19.8. The number of amides is 1. The van der Waals surface area contributed by atoms with Crippen LogP contribution in [0.5, 0.6) is 0 Å². The van der Waals surface area contributed by atoms with Gasteiger partial charge >= 0.3 is 0 Å². The van der Waals surface area contributed by atoms with Gasteiger partial charge in [0, 0.05) is 31.9 Å². The number of carbonyl (C=O) groups excluding carboxylic acids is 1. The maximum Gasteiger partial charge on any atom is 0.222 e. The van der Waals surface area contributed by atoms with Crippen molar-refractivity contribution in [3.63, 3.8) is 0 Å². The topological polar surface area (TPSA) is 66.9 Å². The van der Waals surface area contributed by atoms with Crippen molar-refractivity contribution in [2.75, 3.05) is 17.7 Å². The predicted octanol–water partition coefficient (Wildman–Crippen LogP) is 4.26. The van der Waals surface area contributed by atoms with Gasteiger partial charge in [-0.25, -0.2) is 9.37 Å². The van der Waals surface area contributed by atoms with Crippen molar-refractivity contribution in [1.29, 1.82) is 0 Å². The number of hydrogen-bond acceptors (Lipinski definition) is 4. The van der Waals surface area contributed by atoms with E-state index in [0.717, 1.165) is 27.9 Å². The molecule has 0 fully saturated rings. The van der Waals surface area contributed by atoms with E-state index in [9.17, 15) is 9.18 Å². The van der Waals surface area contributed by atoms with Gasteiger partial charge in [0.2, 0.25) is 5.91 Å². The van der Waals surface area contributed by atoms with Crippen LogP contribution < -0.4 is 10.6 Å². The summed E-state index contributed by atoms with van der Waals surface area (Å²) in [5.41, 5.74) is 4.72. The van der Waals surface area contributed by atoms with Crippen LogP contribution in [-0.4, -0.2) is 22.9 Å². The summed E-state index contributed by atoms with van der Waals surface area (Å²) in [5.74, 6) is 0.00707. The summed E-state index contributed by atoms with van der Waals surface area (Å²) in [6.45, 7) is 3.31. The number of nitrogens with zero attached hydrogens (tertiary/aromatic N) is 2. The number of halogens is 1. The zero-order valence-corrected chi connectivity index (χ0v) is 14.8. The summed E-state index contributed by atoms with van der Waals surface area (Å²) in [6, 6.07) is 10.7. The predicted molar refractivity (Wildman–Crippen MR) is 101 cm³/mol. The first kappa shape index (κ1) is 17.5. The van der Waals surface area contributed by atoms with Crippen LogP contribution in [0.3, 0.4) is 0 Å². The minimum absolute atomic E-state index is 0.183. The Morgan fingerprint density at radius 2 is 1.77 bits per heavy atom. The second-order valence-corrected chi connectivity index (χ2v) is 5.94. The molecule has 0 aliphatic rings. The summed E-state index contributed by atoms with van der Waals surface area (Å²) in [6.07, 6.45) is 3.34. The van der Waals surface area contributed by atoms with E-state index < -0.39 is 0 Å². The first-order chi connectivity index (χ1) is 12.5. The summed E-state index contributed by atoms with van der Waals surface area (Å²) in [7, 11) is 1.69. The third-order valence-corrected chi connectivity index (χ3v) is 4.01. The first-order valence-electron chi connectivity index (χ1n) is 8.16. The van der Waals surface area contributed by atoms with Crippen LogP contribution in [0, 0.1) is 12.7 Å². The Kier molecular flexibility index (Phi) is 4.93. The van der Waals surface area contributed by atoms with E-state index in [4.69, 9.17) is 0 Å². The Bertz CT molecular complexity index is 972. The normalized spacial score (nSPS) is 10.5.